The van der Waals surface area contributed by atoms with Gasteiger partial charge in [0.2, 0.25) is 0 Å². The van der Waals surface area contributed by atoms with Crippen molar-refractivity contribution in [1.82, 2.24) is 14.9 Å². The van der Waals surface area contributed by atoms with Gasteiger partial charge in [-0.25, -0.2) is 4.98 Å². The first-order valence-electron chi connectivity index (χ1n) is 9.37. The summed E-state index contributed by atoms with van der Waals surface area (Å²) in [5, 5.41) is 4.46. The average molecular weight is 382 g/mol. The molecule has 2 aromatic carbocycles. The molecule has 2 heterocycles. The molecule has 4 rings (SSSR count). The van der Waals surface area contributed by atoms with Crippen molar-refractivity contribution in [1.29, 1.82) is 0 Å². The van der Waals surface area contributed by atoms with Gasteiger partial charge in [-0.3, -0.25) is 0 Å². The monoisotopic (exact) mass is 381 g/mol. The zero-order valence-electron chi connectivity index (χ0n) is 15.3. The number of hydrogen-bond donors (Lipinski definition) is 1. The van der Waals surface area contributed by atoms with E-state index in [0.717, 1.165) is 49.9 Å². The average Bonchev–Trinajstić information content (AvgIpc) is 3.25. The summed E-state index contributed by atoms with van der Waals surface area (Å²) < 4.78 is 7.63. The van der Waals surface area contributed by atoms with Gasteiger partial charge < -0.3 is 14.6 Å². The van der Waals surface area contributed by atoms with Crippen LogP contribution in [0.25, 0.3) is 5.69 Å². The Hall–Kier alpha value is -2.14. The molecule has 1 fully saturated rings. The summed E-state index contributed by atoms with van der Waals surface area (Å²) in [6.07, 6.45) is 7.62. The molecule has 0 atom stereocenters. The van der Waals surface area contributed by atoms with E-state index in [2.05, 4.69) is 46.7 Å². The van der Waals surface area contributed by atoms with Crippen LogP contribution in [0.1, 0.15) is 24.0 Å². The summed E-state index contributed by atoms with van der Waals surface area (Å²) in [7, 11) is 0. The van der Waals surface area contributed by atoms with Gasteiger partial charge >= 0.3 is 0 Å². The van der Waals surface area contributed by atoms with E-state index < -0.39 is 0 Å². The van der Waals surface area contributed by atoms with E-state index in [1.807, 2.05) is 29.2 Å². The highest BCUT2D eigenvalue weighted by atomic mass is 35.5. The van der Waals surface area contributed by atoms with Crippen molar-refractivity contribution in [3.8, 4) is 5.69 Å². The predicted octanol–water partition coefficient (Wildman–Crippen LogP) is 4.36. The normalized spacial score (nSPS) is 16.3. The molecule has 3 aromatic rings. The minimum absolute atomic E-state index is 0.111. The van der Waals surface area contributed by atoms with Crippen molar-refractivity contribution < 1.29 is 4.74 Å². The standard InChI is InChI=1S/C22H24ClN3O/c23-20-5-3-19(4-6-20)22(9-13-27-14-10-22)16-25-15-18-1-7-21(8-2-18)26-12-11-24-17-26/h1-8,11-12,17,25H,9-10,13-16H2. The minimum atomic E-state index is 0.111. The number of rotatable bonds is 6. The van der Waals surface area contributed by atoms with Gasteiger partial charge in [0.15, 0.2) is 0 Å². The fourth-order valence-corrected chi connectivity index (χ4v) is 3.90. The summed E-state index contributed by atoms with van der Waals surface area (Å²) in [4.78, 5) is 4.10. The summed E-state index contributed by atoms with van der Waals surface area (Å²) >= 11 is 6.08. The number of benzene rings is 2. The maximum atomic E-state index is 6.08. The number of nitrogens with zero attached hydrogens (tertiary/aromatic N) is 2. The first kappa shape index (κ1) is 18.2. The number of ether oxygens (including phenoxy) is 1. The fourth-order valence-electron chi connectivity index (χ4n) is 3.78. The lowest BCUT2D eigenvalue weighted by Gasteiger charge is -2.38. The van der Waals surface area contributed by atoms with Crippen molar-refractivity contribution in [3.63, 3.8) is 0 Å². The summed E-state index contributed by atoms with van der Waals surface area (Å²) in [6, 6.07) is 16.9. The maximum absolute atomic E-state index is 6.08. The Labute approximate surface area is 165 Å². The highest BCUT2D eigenvalue weighted by Gasteiger charge is 2.34. The summed E-state index contributed by atoms with van der Waals surface area (Å²) in [5.74, 6) is 0. The van der Waals surface area contributed by atoms with Gasteiger partial charge in [-0.1, -0.05) is 35.9 Å². The van der Waals surface area contributed by atoms with E-state index in [0.29, 0.717) is 0 Å². The molecule has 4 nitrogen and oxygen atoms in total. The maximum Gasteiger partial charge on any atom is 0.0991 e. The summed E-state index contributed by atoms with van der Waals surface area (Å²) in [6.45, 7) is 3.40. The van der Waals surface area contributed by atoms with E-state index >= 15 is 0 Å². The molecule has 0 unspecified atom stereocenters. The van der Waals surface area contributed by atoms with Crippen LogP contribution in [0.2, 0.25) is 5.02 Å². The smallest absolute Gasteiger partial charge is 0.0991 e. The lowest BCUT2D eigenvalue weighted by Crippen LogP contribution is -2.42. The molecule has 1 aliphatic rings. The molecular formula is C22H24ClN3O. The molecule has 0 aliphatic carbocycles. The van der Waals surface area contributed by atoms with Crippen molar-refractivity contribution in [3.05, 3.63) is 83.4 Å². The van der Waals surface area contributed by atoms with Gasteiger partial charge in [0, 0.05) is 54.8 Å². The van der Waals surface area contributed by atoms with Crippen LogP contribution in [0.5, 0.6) is 0 Å². The first-order valence-corrected chi connectivity index (χ1v) is 9.75. The van der Waals surface area contributed by atoms with Gasteiger partial charge in [0.1, 0.15) is 0 Å². The number of aromatic nitrogens is 2. The van der Waals surface area contributed by atoms with Gasteiger partial charge in [0.25, 0.3) is 0 Å². The van der Waals surface area contributed by atoms with Gasteiger partial charge in [-0.05, 0) is 48.2 Å². The van der Waals surface area contributed by atoms with E-state index in [4.69, 9.17) is 16.3 Å². The molecule has 0 bridgehead atoms. The van der Waals surface area contributed by atoms with Crippen molar-refractivity contribution in [2.75, 3.05) is 19.8 Å². The SMILES string of the molecule is Clc1ccc(C2(CNCc3ccc(-n4ccnc4)cc3)CCOCC2)cc1. The fraction of sp³-hybridized carbons (Fsp3) is 0.318. The molecule has 0 saturated carbocycles. The third-order valence-electron chi connectivity index (χ3n) is 5.44. The number of halogens is 1. The molecular weight excluding hydrogens is 358 g/mol. The van der Waals surface area contributed by atoms with Crippen LogP contribution >= 0.6 is 11.6 Å². The van der Waals surface area contributed by atoms with E-state index in [-0.39, 0.29) is 5.41 Å². The second kappa shape index (κ2) is 8.26. The molecule has 0 amide bonds. The highest BCUT2D eigenvalue weighted by Crippen LogP contribution is 2.35. The van der Waals surface area contributed by atoms with E-state index in [1.54, 1.807) is 6.20 Å². The van der Waals surface area contributed by atoms with Gasteiger partial charge in [0.05, 0.1) is 6.33 Å². The Kier molecular flexibility index (Phi) is 5.58. The van der Waals surface area contributed by atoms with Crippen LogP contribution in [0.4, 0.5) is 0 Å². The van der Waals surface area contributed by atoms with Gasteiger partial charge in [-0.15, -0.1) is 0 Å². The van der Waals surface area contributed by atoms with Crippen LogP contribution in [0.3, 0.4) is 0 Å². The zero-order valence-corrected chi connectivity index (χ0v) is 16.0. The predicted molar refractivity (Wildman–Crippen MR) is 108 cm³/mol. The van der Waals surface area contributed by atoms with Crippen molar-refractivity contribution in [2.45, 2.75) is 24.8 Å². The molecule has 0 spiro atoms. The molecule has 0 radical (unpaired) electrons. The lowest BCUT2D eigenvalue weighted by atomic mass is 9.74. The van der Waals surface area contributed by atoms with Crippen LogP contribution in [0.15, 0.2) is 67.3 Å². The largest absolute Gasteiger partial charge is 0.381 e. The minimum Gasteiger partial charge on any atom is -0.381 e. The second-order valence-corrected chi connectivity index (χ2v) is 7.58. The quantitative estimate of drug-likeness (QED) is 0.689. The molecule has 1 aliphatic heterocycles. The number of nitrogens with one attached hydrogen (secondary N) is 1. The molecule has 1 saturated heterocycles. The first-order chi connectivity index (χ1) is 13.3. The van der Waals surface area contributed by atoms with Crippen LogP contribution < -0.4 is 5.32 Å². The molecule has 1 aromatic heterocycles. The molecule has 27 heavy (non-hydrogen) atoms. The van der Waals surface area contributed by atoms with Crippen LogP contribution in [0, 0.1) is 0 Å². The Morgan fingerprint density at radius 2 is 1.78 bits per heavy atom. The van der Waals surface area contributed by atoms with E-state index in [1.165, 1.54) is 11.1 Å². The van der Waals surface area contributed by atoms with Crippen molar-refractivity contribution >= 4 is 11.6 Å². The molecule has 5 heteroatoms. The molecule has 140 valence electrons. The van der Waals surface area contributed by atoms with Crippen LogP contribution in [-0.2, 0) is 16.7 Å². The third-order valence-corrected chi connectivity index (χ3v) is 5.69. The topological polar surface area (TPSA) is 39.1 Å². The summed E-state index contributed by atoms with van der Waals surface area (Å²) in [5.41, 5.74) is 3.85. The Morgan fingerprint density at radius 1 is 1.04 bits per heavy atom. The number of imidazole rings is 1. The van der Waals surface area contributed by atoms with Gasteiger partial charge in [-0.2, -0.15) is 0 Å². The molecule has 1 N–H and O–H groups in total. The second-order valence-electron chi connectivity index (χ2n) is 7.14. The van der Waals surface area contributed by atoms with E-state index in [9.17, 15) is 0 Å². The van der Waals surface area contributed by atoms with Crippen LogP contribution in [-0.4, -0.2) is 29.3 Å². The lowest BCUT2D eigenvalue weighted by molar-refractivity contribution is 0.0498. The van der Waals surface area contributed by atoms with Crippen molar-refractivity contribution in [2.24, 2.45) is 0 Å². The Bertz CT molecular complexity index is 838. The Balaban J connectivity index is 1.41. The highest BCUT2D eigenvalue weighted by molar-refractivity contribution is 6.30. The Morgan fingerprint density at radius 3 is 2.44 bits per heavy atom. The number of hydrogen-bond acceptors (Lipinski definition) is 3. The zero-order chi connectivity index (χ0) is 18.5. The third kappa shape index (κ3) is 4.24.